The predicted molar refractivity (Wildman–Crippen MR) is 78.7 cm³/mol. The van der Waals surface area contributed by atoms with E-state index in [9.17, 15) is 4.79 Å². The molecule has 0 spiro atoms. The standard InChI is InChI=1S/C15H25N3O/c1-4-18(11-15(2,3)10-16)9-12-5-7-13(8-6-12)14(17)19/h5-8H,4,9-11,16H2,1-3H3,(H2,17,19). The summed E-state index contributed by atoms with van der Waals surface area (Å²) in [6, 6.07) is 7.47. The molecule has 0 heterocycles. The molecule has 0 radical (unpaired) electrons. The second-order valence-corrected chi connectivity index (χ2v) is 5.73. The van der Waals surface area contributed by atoms with Gasteiger partial charge in [-0.1, -0.05) is 32.9 Å². The highest BCUT2D eigenvalue weighted by atomic mass is 16.1. The predicted octanol–water partition coefficient (Wildman–Crippen LogP) is 1.59. The number of nitrogens with two attached hydrogens (primary N) is 2. The van der Waals surface area contributed by atoms with Crippen molar-refractivity contribution in [2.24, 2.45) is 16.9 Å². The average Bonchev–Trinajstić information content (AvgIpc) is 2.38. The van der Waals surface area contributed by atoms with Crippen LogP contribution in [0.1, 0.15) is 36.7 Å². The highest BCUT2D eigenvalue weighted by molar-refractivity contribution is 5.92. The van der Waals surface area contributed by atoms with Gasteiger partial charge in [0.2, 0.25) is 5.91 Å². The monoisotopic (exact) mass is 263 g/mol. The number of rotatable bonds is 7. The lowest BCUT2D eigenvalue weighted by molar-refractivity contribution is 0.100. The first-order valence-corrected chi connectivity index (χ1v) is 6.69. The van der Waals surface area contributed by atoms with E-state index >= 15 is 0 Å². The molecule has 0 saturated heterocycles. The first-order valence-electron chi connectivity index (χ1n) is 6.69. The topological polar surface area (TPSA) is 72.3 Å². The van der Waals surface area contributed by atoms with Gasteiger partial charge in [0, 0.05) is 18.7 Å². The third kappa shape index (κ3) is 5.01. The lowest BCUT2D eigenvalue weighted by Crippen LogP contribution is -2.38. The Hall–Kier alpha value is -1.39. The van der Waals surface area contributed by atoms with Crippen LogP contribution in [0.5, 0.6) is 0 Å². The Morgan fingerprint density at radius 2 is 1.84 bits per heavy atom. The minimum absolute atomic E-state index is 0.114. The molecule has 0 aliphatic carbocycles. The van der Waals surface area contributed by atoms with Crippen molar-refractivity contribution in [3.8, 4) is 0 Å². The zero-order valence-electron chi connectivity index (χ0n) is 12.1. The molecule has 0 saturated carbocycles. The van der Waals surface area contributed by atoms with Crippen LogP contribution >= 0.6 is 0 Å². The van der Waals surface area contributed by atoms with Crippen molar-refractivity contribution in [2.75, 3.05) is 19.6 Å². The van der Waals surface area contributed by atoms with Gasteiger partial charge in [0.05, 0.1) is 0 Å². The molecule has 0 aliphatic rings. The van der Waals surface area contributed by atoms with Crippen molar-refractivity contribution in [3.05, 3.63) is 35.4 Å². The van der Waals surface area contributed by atoms with E-state index in [0.29, 0.717) is 12.1 Å². The molecule has 0 unspecified atom stereocenters. The molecule has 1 aromatic rings. The molecule has 0 bridgehead atoms. The van der Waals surface area contributed by atoms with E-state index in [1.165, 1.54) is 5.56 Å². The Labute approximate surface area is 115 Å². The first kappa shape index (κ1) is 15.7. The van der Waals surface area contributed by atoms with Crippen LogP contribution in [0.4, 0.5) is 0 Å². The summed E-state index contributed by atoms with van der Waals surface area (Å²) in [5.74, 6) is -0.386. The van der Waals surface area contributed by atoms with Crippen LogP contribution in [0.3, 0.4) is 0 Å². The maximum absolute atomic E-state index is 11.0. The summed E-state index contributed by atoms with van der Waals surface area (Å²) >= 11 is 0. The van der Waals surface area contributed by atoms with E-state index in [4.69, 9.17) is 11.5 Å². The number of hydrogen-bond acceptors (Lipinski definition) is 3. The SMILES string of the molecule is CCN(Cc1ccc(C(N)=O)cc1)CC(C)(C)CN. The molecular weight excluding hydrogens is 238 g/mol. The largest absolute Gasteiger partial charge is 0.366 e. The highest BCUT2D eigenvalue weighted by Crippen LogP contribution is 2.17. The van der Waals surface area contributed by atoms with Gasteiger partial charge >= 0.3 is 0 Å². The van der Waals surface area contributed by atoms with Crippen LogP contribution in [0.2, 0.25) is 0 Å². The van der Waals surface area contributed by atoms with E-state index in [1.54, 1.807) is 12.1 Å². The summed E-state index contributed by atoms with van der Waals surface area (Å²) in [5, 5.41) is 0. The van der Waals surface area contributed by atoms with Crippen molar-refractivity contribution in [1.29, 1.82) is 0 Å². The third-order valence-corrected chi connectivity index (χ3v) is 3.30. The number of benzene rings is 1. The van der Waals surface area contributed by atoms with Crippen molar-refractivity contribution >= 4 is 5.91 Å². The summed E-state index contributed by atoms with van der Waals surface area (Å²) in [6.07, 6.45) is 0. The van der Waals surface area contributed by atoms with Gasteiger partial charge in [-0.3, -0.25) is 9.69 Å². The summed E-state index contributed by atoms with van der Waals surface area (Å²) in [4.78, 5) is 13.4. The van der Waals surface area contributed by atoms with E-state index in [1.807, 2.05) is 12.1 Å². The minimum atomic E-state index is -0.386. The lowest BCUT2D eigenvalue weighted by Gasteiger charge is -2.31. The van der Waals surface area contributed by atoms with Crippen LogP contribution in [-0.2, 0) is 6.54 Å². The molecule has 4 nitrogen and oxygen atoms in total. The number of carbonyl (C=O) groups excluding carboxylic acids is 1. The minimum Gasteiger partial charge on any atom is -0.366 e. The summed E-state index contributed by atoms with van der Waals surface area (Å²) in [7, 11) is 0. The molecule has 1 rings (SSSR count). The maximum atomic E-state index is 11.0. The Morgan fingerprint density at radius 3 is 2.26 bits per heavy atom. The molecule has 0 aromatic heterocycles. The third-order valence-electron chi connectivity index (χ3n) is 3.30. The molecular formula is C15H25N3O. The van der Waals surface area contributed by atoms with E-state index < -0.39 is 0 Å². The lowest BCUT2D eigenvalue weighted by atomic mass is 9.93. The van der Waals surface area contributed by atoms with Gasteiger partial charge < -0.3 is 11.5 Å². The number of amides is 1. The molecule has 0 atom stereocenters. The van der Waals surface area contributed by atoms with Gasteiger partial charge in [0.15, 0.2) is 0 Å². The van der Waals surface area contributed by atoms with Gasteiger partial charge in [-0.15, -0.1) is 0 Å². The van der Waals surface area contributed by atoms with Crippen LogP contribution in [0, 0.1) is 5.41 Å². The van der Waals surface area contributed by atoms with E-state index in [2.05, 4.69) is 25.7 Å². The average molecular weight is 263 g/mol. The summed E-state index contributed by atoms with van der Waals surface area (Å²) < 4.78 is 0. The fourth-order valence-electron chi connectivity index (χ4n) is 1.98. The molecule has 0 fully saturated rings. The number of hydrogen-bond donors (Lipinski definition) is 2. The molecule has 1 amide bonds. The quantitative estimate of drug-likeness (QED) is 0.784. The summed E-state index contributed by atoms with van der Waals surface area (Å²) in [5.41, 5.74) is 12.9. The van der Waals surface area contributed by atoms with Crippen LogP contribution in [0.25, 0.3) is 0 Å². The molecule has 19 heavy (non-hydrogen) atoms. The Balaban J connectivity index is 2.68. The molecule has 4 heteroatoms. The molecule has 0 aliphatic heterocycles. The van der Waals surface area contributed by atoms with Crippen LogP contribution < -0.4 is 11.5 Å². The van der Waals surface area contributed by atoms with Gasteiger partial charge in [-0.05, 0) is 36.2 Å². The van der Waals surface area contributed by atoms with Crippen LogP contribution in [-0.4, -0.2) is 30.4 Å². The van der Waals surface area contributed by atoms with Gasteiger partial charge in [-0.2, -0.15) is 0 Å². The second kappa shape index (κ2) is 6.68. The van der Waals surface area contributed by atoms with Gasteiger partial charge in [0.25, 0.3) is 0 Å². The number of nitrogens with zero attached hydrogens (tertiary/aromatic N) is 1. The number of primary amides is 1. The Morgan fingerprint density at radius 1 is 1.26 bits per heavy atom. The second-order valence-electron chi connectivity index (χ2n) is 5.73. The van der Waals surface area contributed by atoms with Gasteiger partial charge in [0.1, 0.15) is 0 Å². The highest BCUT2D eigenvalue weighted by Gasteiger charge is 2.19. The van der Waals surface area contributed by atoms with Crippen molar-refractivity contribution < 1.29 is 4.79 Å². The molecule has 106 valence electrons. The van der Waals surface area contributed by atoms with Crippen molar-refractivity contribution in [2.45, 2.75) is 27.3 Å². The van der Waals surface area contributed by atoms with E-state index in [0.717, 1.165) is 19.6 Å². The Kier molecular flexibility index (Phi) is 5.51. The fraction of sp³-hybridized carbons (Fsp3) is 0.533. The molecule has 1 aromatic carbocycles. The zero-order valence-corrected chi connectivity index (χ0v) is 12.1. The summed E-state index contributed by atoms with van der Waals surface area (Å²) in [6.45, 7) is 9.95. The van der Waals surface area contributed by atoms with E-state index in [-0.39, 0.29) is 11.3 Å². The van der Waals surface area contributed by atoms with Crippen LogP contribution in [0.15, 0.2) is 24.3 Å². The zero-order chi connectivity index (χ0) is 14.5. The number of carbonyl (C=O) groups is 1. The van der Waals surface area contributed by atoms with Gasteiger partial charge in [-0.25, -0.2) is 0 Å². The first-order chi connectivity index (χ1) is 8.88. The normalized spacial score (nSPS) is 11.8. The smallest absolute Gasteiger partial charge is 0.248 e. The molecule has 4 N–H and O–H groups in total. The Bertz CT molecular complexity index is 412. The van der Waals surface area contributed by atoms with Crippen molar-refractivity contribution in [3.63, 3.8) is 0 Å². The fourth-order valence-corrected chi connectivity index (χ4v) is 1.98. The van der Waals surface area contributed by atoms with Crippen molar-refractivity contribution in [1.82, 2.24) is 4.90 Å². The maximum Gasteiger partial charge on any atom is 0.248 e.